The van der Waals surface area contributed by atoms with Gasteiger partial charge in [-0.25, -0.2) is 9.37 Å². The topological polar surface area (TPSA) is 63.2 Å². The Balaban J connectivity index is 2.17. The van der Waals surface area contributed by atoms with Gasteiger partial charge in [0.05, 0.1) is 11.8 Å². The van der Waals surface area contributed by atoms with Crippen LogP contribution in [0.2, 0.25) is 0 Å². The molecule has 2 N–H and O–H groups in total. The van der Waals surface area contributed by atoms with E-state index in [0.717, 1.165) is 19.0 Å². The molecule has 0 bridgehead atoms. The number of carbonyl (C=O) groups excluding carboxylic acids is 1. The summed E-state index contributed by atoms with van der Waals surface area (Å²) in [5, 5.41) is 5.94. The number of ether oxygens (including phenoxy) is 1. The molecule has 0 aliphatic carbocycles. The molecule has 0 unspecified atom stereocenters. The second-order valence-electron chi connectivity index (χ2n) is 5.21. The highest BCUT2D eigenvalue weighted by Gasteiger charge is 2.30. The van der Waals surface area contributed by atoms with E-state index in [0.29, 0.717) is 25.6 Å². The first kappa shape index (κ1) is 14.7. The zero-order valence-corrected chi connectivity index (χ0v) is 11.8. The number of rotatable bonds is 4. The lowest BCUT2D eigenvalue weighted by atomic mass is 9.92. The number of nitrogens with one attached hydrogen (secondary N) is 2. The van der Waals surface area contributed by atoms with E-state index in [4.69, 9.17) is 4.74 Å². The van der Waals surface area contributed by atoms with Crippen molar-refractivity contribution in [2.24, 2.45) is 0 Å². The molecule has 0 spiro atoms. The van der Waals surface area contributed by atoms with Gasteiger partial charge in [0.25, 0.3) is 5.91 Å². The van der Waals surface area contributed by atoms with Crippen LogP contribution in [0.15, 0.2) is 12.3 Å². The standard InChI is InChI=1S/C14H20FN3O2/c1-3-16-12-11(8-10(15)9-17-12)13(19)18-14(2)4-6-20-7-5-14/h8-9H,3-7H2,1-2H3,(H,16,17)(H,18,19). The van der Waals surface area contributed by atoms with Gasteiger partial charge in [-0.05, 0) is 32.8 Å². The average Bonchev–Trinajstić information content (AvgIpc) is 2.41. The summed E-state index contributed by atoms with van der Waals surface area (Å²) in [6.07, 6.45) is 2.60. The van der Waals surface area contributed by atoms with Crippen LogP contribution in [0.1, 0.15) is 37.0 Å². The molecule has 20 heavy (non-hydrogen) atoms. The Morgan fingerprint density at radius 2 is 2.20 bits per heavy atom. The van der Waals surface area contributed by atoms with Crippen LogP contribution in [-0.4, -0.2) is 36.2 Å². The predicted molar refractivity (Wildman–Crippen MR) is 74.3 cm³/mol. The van der Waals surface area contributed by atoms with Gasteiger partial charge < -0.3 is 15.4 Å². The third kappa shape index (κ3) is 3.45. The number of pyridine rings is 1. The van der Waals surface area contributed by atoms with E-state index in [9.17, 15) is 9.18 Å². The van der Waals surface area contributed by atoms with Gasteiger partial charge in [0.1, 0.15) is 11.6 Å². The van der Waals surface area contributed by atoms with Gasteiger partial charge in [-0.2, -0.15) is 0 Å². The molecular weight excluding hydrogens is 261 g/mol. The molecule has 0 saturated carbocycles. The number of halogens is 1. The summed E-state index contributed by atoms with van der Waals surface area (Å²) in [6.45, 7) is 5.74. The van der Waals surface area contributed by atoms with Gasteiger partial charge >= 0.3 is 0 Å². The third-order valence-electron chi connectivity index (χ3n) is 3.45. The van der Waals surface area contributed by atoms with Gasteiger partial charge in [-0.3, -0.25) is 4.79 Å². The first-order valence-corrected chi connectivity index (χ1v) is 6.84. The largest absolute Gasteiger partial charge is 0.381 e. The van der Waals surface area contributed by atoms with E-state index in [1.807, 2.05) is 13.8 Å². The van der Waals surface area contributed by atoms with E-state index in [1.165, 1.54) is 6.07 Å². The van der Waals surface area contributed by atoms with Gasteiger partial charge in [-0.1, -0.05) is 0 Å². The van der Waals surface area contributed by atoms with E-state index < -0.39 is 5.82 Å². The Labute approximate surface area is 117 Å². The highest BCUT2D eigenvalue weighted by atomic mass is 19.1. The van der Waals surface area contributed by atoms with Gasteiger partial charge in [0.15, 0.2) is 0 Å². The van der Waals surface area contributed by atoms with E-state index in [1.54, 1.807) is 0 Å². The maximum Gasteiger partial charge on any atom is 0.255 e. The molecule has 1 aliphatic rings. The quantitative estimate of drug-likeness (QED) is 0.885. The molecule has 2 rings (SSSR count). The maximum atomic E-state index is 13.3. The molecule has 1 aliphatic heterocycles. The second-order valence-corrected chi connectivity index (χ2v) is 5.21. The molecule has 1 saturated heterocycles. The first-order valence-electron chi connectivity index (χ1n) is 6.84. The number of nitrogens with zero attached hydrogens (tertiary/aromatic N) is 1. The Hall–Kier alpha value is -1.69. The van der Waals surface area contributed by atoms with Gasteiger partial charge in [0.2, 0.25) is 0 Å². The van der Waals surface area contributed by atoms with Gasteiger partial charge in [0, 0.05) is 25.3 Å². The minimum atomic E-state index is -0.520. The summed E-state index contributed by atoms with van der Waals surface area (Å²) in [5.74, 6) is -0.423. The van der Waals surface area contributed by atoms with Crippen molar-refractivity contribution >= 4 is 11.7 Å². The van der Waals surface area contributed by atoms with Crippen molar-refractivity contribution in [1.82, 2.24) is 10.3 Å². The van der Waals surface area contributed by atoms with Crippen LogP contribution in [0.3, 0.4) is 0 Å². The van der Waals surface area contributed by atoms with E-state index >= 15 is 0 Å². The molecule has 0 radical (unpaired) electrons. The van der Waals surface area contributed by atoms with E-state index in [2.05, 4.69) is 15.6 Å². The van der Waals surface area contributed by atoms with Crippen LogP contribution in [-0.2, 0) is 4.74 Å². The van der Waals surface area contributed by atoms with Crippen LogP contribution in [0.25, 0.3) is 0 Å². The van der Waals surface area contributed by atoms with Gasteiger partial charge in [-0.15, -0.1) is 0 Å². The molecular formula is C14H20FN3O2. The molecule has 5 nitrogen and oxygen atoms in total. The van der Waals surface area contributed by atoms with Crippen LogP contribution in [0, 0.1) is 5.82 Å². The summed E-state index contributed by atoms with van der Waals surface area (Å²) in [4.78, 5) is 16.3. The molecule has 1 fully saturated rings. The molecule has 2 heterocycles. The summed E-state index contributed by atoms with van der Waals surface area (Å²) >= 11 is 0. The Bertz CT molecular complexity index is 487. The smallest absolute Gasteiger partial charge is 0.255 e. The minimum Gasteiger partial charge on any atom is -0.381 e. The fraction of sp³-hybridized carbons (Fsp3) is 0.571. The number of hydrogen-bond acceptors (Lipinski definition) is 4. The fourth-order valence-electron chi connectivity index (χ4n) is 2.21. The Morgan fingerprint density at radius 1 is 1.50 bits per heavy atom. The minimum absolute atomic E-state index is 0.236. The molecule has 110 valence electrons. The zero-order chi connectivity index (χ0) is 14.6. The van der Waals surface area contributed by atoms with Crippen molar-refractivity contribution < 1.29 is 13.9 Å². The second kappa shape index (κ2) is 6.17. The van der Waals surface area contributed by atoms with Crippen LogP contribution in [0.4, 0.5) is 10.2 Å². The molecule has 1 aromatic heterocycles. The van der Waals surface area contributed by atoms with Crippen molar-refractivity contribution in [3.63, 3.8) is 0 Å². The molecule has 1 amide bonds. The summed E-state index contributed by atoms with van der Waals surface area (Å²) in [6, 6.07) is 1.21. The average molecular weight is 281 g/mol. The van der Waals surface area contributed by atoms with Crippen LogP contribution >= 0.6 is 0 Å². The van der Waals surface area contributed by atoms with Crippen molar-refractivity contribution in [3.05, 3.63) is 23.6 Å². The molecule has 1 aromatic rings. The number of amides is 1. The highest BCUT2D eigenvalue weighted by molar-refractivity contribution is 5.99. The summed E-state index contributed by atoms with van der Waals surface area (Å²) < 4.78 is 18.6. The number of hydrogen-bond donors (Lipinski definition) is 2. The van der Waals surface area contributed by atoms with E-state index in [-0.39, 0.29) is 17.0 Å². The number of aromatic nitrogens is 1. The monoisotopic (exact) mass is 281 g/mol. The zero-order valence-electron chi connectivity index (χ0n) is 11.8. The van der Waals surface area contributed by atoms with Crippen molar-refractivity contribution in [2.75, 3.05) is 25.1 Å². The summed E-state index contributed by atoms with van der Waals surface area (Å²) in [5.41, 5.74) is -0.0786. The van der Waals surface area contributed by atoms with Crippen molar-refractivity contribution in [1.29, 1.82) is 0 Å². The fourth-order valence-corrected chi connectivity index (χ4v) is 2.21. The first-order chi connectivity index (χ1) is 9.54. The normalized spacial score (nSPS) is 17.6. The lowest BCUT2D eigenvalue weighted by molar-refractivity contribution is 0.0423. The maximum absolute atomic E-state index is 13.3. The van der Waals surface area contributed by atoms with Crippen molar-refractivity contribution in [2.45, 2.75) is 32.2 Å². The third-order valence-corrected chi connectivity index (χ3v) is 3.45. The molecule has 0 aromatic carbocycles. The predicted octanol–water partition coefficient (Wildman–Crippen LogP) is 1.95. The Kier molecular flexibility index (Phi) is 4.54. The SMILES string of the molecule is CCNc1ncc(F)cc1C(=O)NC1(C)CCOCC1. The highest BCUT2D eigenvalue weighted by Crippen LogP contribution is 2.22. The van der Waals surface area contributed by atoms with Crippen LogP contribution in [0.5, 0.6) is 0 Å². The number of carbonyl (C=O) groups is 1. The molecule has 0 atom stereocenters. The van der Waals surface area contributed by atoms with Crippen LogP contribution < -0.4 is 10.6 Å². The van der Waals surface area contributed by atoms with Crippen molar-refractivity contribution in [3.8, 4) is 0 Å². The molecule has 6 heteroatoms. The lowest BCUT2D eigenvalue weighted by Gasteiger charge is -2.34. The Morgan fingerprint density at radius 3 is 2.85 bits per heavy atom. The summed E-state index contributed by atoms with van der Waals surface area (Å²) in [7, 11) is 0. The lowest BCUT2D eigenvalue weighted by Crippen LogP contribution is -2.49. The number of anilines is 1.